The van der Waals surface area contributed by atoms with Crippen molar-refractivity contribution in [3.8, 4) is 5.75 Å². The number of carbonyl (C=O) groups excluding carboxylic acids is 3. The van der Waals surface area contributed by atoms with Crippen LogP contribution in [0.1, 0.15) is 50.0 Å². The highest BCUT2D eigenvalue weighted by Crippen LogP contribution is 2.48. The number of amides is 1. The molecule has 1 aliphatic heterocycles. The van der Waals surface area contributed by atoms with E-state index in [4.69, 9.17) is 16.3 Å². The minimum absolute atomic E-state index is 0.00288. The molecule has 0 saturated carbocycles. The summed E-state index contributed by atoms with van der Waals surface area (Å²) in [5, 5.41) is 6.30. The van der Waals surface area contributed by atoms with Crippen molar-refractivity contribution in [2.75, 3.05) is 11.9 Å². The Morgan fingerprint density at radius 2 is 1.66 bits per heavy atom. The maximum atomic E-state index is 13.9. The molecule has 8 heteroatoms. The zero-order chi connectivity index (χ0) is 24.5. The van der Waals surface area contributed by atoms with Crippen molar-refractivity contribution in [2.24, 2.45) is 0 Å². The van der Waals surface area contributed by atoms with Crippen LogP contribution in [-0.4, -0.2) is 24.1 Å². The van der Waals surface area contributed by atoms with Gasteiger partial charge < -0.3 is 15.4 Å². The van der Waals surface area contributed by atoms with Gasteiger partial charge >= 0.3 is 0 Å². The molecule has 0 aromatic heterocycles. The second-order valence-electron chi connectivity index (χ2n) is 8.89. The van der Waals surface area contributed by atoms with Crippen molar-refractivity contribution in [1.29, 1.82) is 0 Å². The topological polar surface area (TPSA) is 84.5 Å². The van der Waals surface area contributed by atoms with Crippen LogP contribution in [0.25, 0.3) is 0 Å². The molecule has 2 aliphatic carbocycles. The lowest BCUT2D eigenvalue weighted by atomic mass is 9.71. The average Bonchev–Trinajstić information content (AvgIpc) is 2.84. The van der Waals surface area contributed by atoms with E-state index in [0.717, 1.165) is 37.1 Å². The number of nitrogens with one attached hydrogen (secondary N) is 2. The van der Waals surface area contributed by atoms with Crippen molar-refractivity contribution < 1.29 is 23.5 Å². The molecule has 3 aliphatic rings. The van der Waals surface area contributed by atoms with Crippen LogP contribution < -0.4 is 15.4 Å². The van der Waals surface area contributed by atoms with Crippen molar-refractivity contribution in [3.63, 3.8) is 0 Å². The van der Waals surface area contributed by atoms with Crippen LogP contribution in [-0.2, 0) is 14.4 Å². The fourth-order valence-corrected chi connectivity index (χ4v) is 5.24. The number of allylic oxidation sites excluding steroid dienone is 4. The molecule has 0 unspecified atom stereocenters. The molecule has 2 aromatic rings. The van der Waals surface area contributed by atoms with E-state index >= 15 is 0 Å². The van der Waals surface area contributed by atoms with Crippen molar-refractivity contribution in [1.82, 2.24) is 5.32 Å². The molecule has 0 radical (unpaired) electrons. The van der Waals surface area contributed by atoms with Gasteiger partial charge in [-0.1, -0.05) is 23.7 Å². The number of halogens is 2. The van der Waals surface area contributed by atoms with Crippen LogP contribution in [0, 0.1) is 5.82 Å². The predicted molar refractivity (Wildman–Crippen MR) is 130 cm³/mol. The summed E-state index contributed by atoms with van der Waals surface area (Å²) >= 11 is 6.35. The van der Waals surface area contributed by atoms with Crippen LogP contribution in [0.2, 0.25) is 5.02 Å². The van der Waals surface area contributed by atoms with Gasteiger partial charge in [-0.3, -0.25) is 14.4 Å². The van der Waals surface area contributed by atoms with E-state index in [1.54, 1.807) is 24.3 Å². The average molecular weight is 495 g/mol. The number of dihydropyridines is 1. The Morgan fingerprint density at radius 1 is 1.00 bits per heavy atom. The predicted octanol–water partition coefficient (Wildman–Crippen LogP) is 5.20. The lowest BCUT2D eigenvalue weighted by Gasteiger charge is -2.37. The number of rotatable bonds is 5. The van der Waals surface area contributed by atoms with Crippen molar-refractivity contribution in [2.45, 2.75) is 44.4 Å². The van der Waals surface area contributed by atoms with Gasteiger partial charge in [0.25, 0.3) is 5.91 Å². The van der Waals surface area contributed by atoms with E-state index in [9.17, 15) is 18.8 Å². The molecule has 0 spiro atoms. The van der Waals surface area contributed by atoms with E-state index in [-0.39, 0.29) is 23.9 Å². The van der Waals surface area contributed by atoms with Crippen molar-refractivity contribution >= 4 is 34.8 Å². The Morgan fingerprint density at radius 3 is 2.31 bits per heavy atom. The van der Waals surface area contributed by atoms with E-state index in [1.807, 2.05) is 0 Å². The SMILES string of the molecule is O=C(COc1ccc(Cl)cc1C1C2=C(CCCC2=O)NC2=C1C(=O)CCC2)Nc1ccccc1F. The monoisotopic (exact) mass is 494 g/mol. The van der Waals surface area contributed by atoms with E-state index in [1.165, 1.54) is 18.2 Å². The summed E-state index contributed by atoms with van der Waals surface area (Å²) in [5.74, 6) is -1.35. The molecule has 0 fully saturated rings. The van der Waals surface area contributed by atoms with Gasteiger partial charge in [-0.2, -0.15) is 0 Å². The van der Waals surface area contributed by atoms with E-state index < -0.39 is 17.6 Å². The first-order valence-corrected chi connectivity index (χ1v) is 12.1. The third kappa shape index (κ3) is 4.60. The first-order valence-electron chi connectivity index (χ1n) is 11.7. The third-order valence-electron chi connectivity index (χ3n) is 6.58. The molecular formula is C27H24ClFN2O4. The number of hydrogen-bond donors (Lipinski definition) is 2. The summed E-state index contributed by atoms with van der Waals surface area (Å²) in [6, 6.07) is 10.8. The lowest BCUT2D eigenvalue weighted by molar-refractivity contribution is -0.119. The molecule has 6 nitrogen and oxygen atoms in total. The van der Waals surface area contributed by atoms with Gasteiger partial charge in [0.1, 0.15) is 11.6 Å². The van der Waals surface area contributed by atoms with Gasteiger partial charge in [0.2, 0.25) is 0 Å². The molecule has 2 aromatic carbocycles. The summed E-state index contributed by atoms with van der Waals surface area (Å²) in [7, 11) is 0. The first kappa shape index (κ1) is 23.3. The van der Waals surface area contributed by atoms with Crippen LogP contribution in [0.4, 0.5) is 10.1 Å². The summed E-state index contributed by atoms with van der Waals surface area (Å²) in [6.07, 6.45) is 3.78. The molecule has 180 valence electrons. The van der Waals surface area contributed by atoms with Gasteiger partial charge in [-0.25, -0.2) is 4.39 Å². The Kier molecular flexibility index (Phi) is 6.43. The number of para-hydroxylation sites is 1. The second kappa shape index (κ2) is 9.66. The first-order chi connectivity index (χ1) is 16.9. The van der Waals surface area contributed by atoms with E-state index in [0.29, 0.717) is 40.3 Å². The fraction of sp³-hybridized carbons (Fsp3) is 0.296. The number of ketones is 2. The zero-order valence-electron chi connectivity index (χ0n) is 19.0. The number of ether oxygens (including phenoxy) is 1. The molecule has 0 saturated heterocycles. The number of carbonyl (C=O) groups is 3. The maximum absolute atomic E-state index is 13.9. The number of hydrogen-bond acceptors (Lipinski definition) is 5. The summed E-state index contributed by atoms with van der Waals surface area (Å²) in [5.41, 5.74) is 3.48. The van der Waals surface area contributed by atoms with Crippen LogP contribution in [0.3, 0.4) is 0 Å². The Bertz CT molecular complexity index is 1260. The highest BCUT2D eigenvalue weighted by atomic mass is 35.5. The summed E-state index contributed by atoms with van der Waals surface area (Å²) in [6.45, 7) is -0.381. The fourth-order valence-electron chi connectivity index (χ4n) is 5.06. The quantitative estimate of drug-likeness (QED) is 0.597. The standard InChI is InChI=1S/C27H24ClFN2O4/c28-15-11-12-23(35-14-24(34)31-18-6-2-1-5-17(18)29)16(13-15)25-26-19(7-3-9-21(26)32)30-20-8-4-10-22(33)27(20)25/h1-2,5-6,11-13,25,30H,3-4,7-10,14H2,(H,31,34). The Labute approximate surface area is 207 Å². The molecule has 1 amide bonds. The Balaban J connectivity index is 1.49. The normalized spacial score (nSPS) is 18.1. The largest absolute Gasteiger partial charge is 0.483 e. The molecule has 35 heavy (non-hydrogen) atoms. The molecule has 0 bridgehead atoms. The smallest absolute Gasteiger partial charge is 0.262 e. The molecule has 2 N–H and O–H groups in total. The maximum Gasteiger partial charge on any atom is 0.262 e. The van der Waals surface area contributed by atoms with Crippen LogP contribution >= 0.6 is 11.6 Å². The van der Waals surface area contributed by atoms with Gasteiger partial charge in [-0.15, -0.1) is 0 Å². The molecule has 0 atom stereocenters. The van der Waals surface area contributed by atoms with Crippen molar-refractivity contribution in [3.05, 3.63) is 81.4 Å². The molecular weight excluding hydrogens is 471 g/mol. The van der Waals surface area contributed by atoms with Crippen LogP contribution in [0.15, 0.2) is 65.0 Å². The van der Waals surface area contributed by atoms with Crippen LogP contribution in [0.5, 0.6) is 5.75 Å². The summed E-state index contributed by atoms with van der Waals surface area (Å²) < 4.78 is 19.8. The number of benzene rings is 2. The minimum Gasteiger partial charge on any atom is -0.483 e. The van der Waals surface area contributed by atoms with Gasteiger partial charge in [0.15, 0.2) is 18.2 Å². The Hall–Kier alpha value is -3.45. The number of anilines is 1. The van der Waals surface area contributed by atoms with Gasteiger partial charge in [-0.05, 0) is 56.0 Å². The highest BCUT2D eigenvalue weighted by molar-refractivity contribution is 6.30. The van der Waals surface area contributed by atoms with Gasteiger partial charge in [0, 0.05) is 51.9 Å². The summed E-state index contributed by atoms with van der Waals surface area (Å²) in [4.78, 5) is 38.7. The zero-order valence-corrected chi connectivity index (χ0v) is 19.7. The number of Topliss-reactive ketones (excluding diaryl/α,β-unsaturated/α-hetero) is 2. The lowest BCUT2D eigenvalue weighted by Crippen LogP contribution is -2.36. The third-order valence-corrected chi connectivity index (χ3v) is 6.82. The minimum atomic E-state index is -0.606. The highest BCUT2D eigenvalue weighted by Gasteiger charge is 2.41. The van der Waals surface area contributed by atoms with Gasteiger partial charge in [0.05, 0.1) is 5.69 Å². The molecule has 5 rings (SSSR count). The van der Waals surface area contributed by atoms with E-state index in [2.05, 4.69) is 10.6 Å². The second-order valence-corrected chi connectivity index (χ2v) is 9.33. The molecule has 1 heterocycles.